The second-order valence-electron chi connectivity index (χ2n) is 5.55. The minimum atomic E-state index is -0.0306. The average Bonchev–Trinajstić information content (AvgIpc) is 2.95. The number of carbonyl (C=O) groups is 1. The van der Waals surface area contributed by atoms with E-state index < -0.39 is 0 Å². The van der Waals surface area contributed by atoms with Crippen molar-refractivity contribution in [3.8, 4) is 0 Å². The third kappa shape index (κ3) is 2.25. The zero-order valence-electron chi connectivity index (χ0n) is 11.6. The molecule has 6 heteroatoms. The first kappa shape index (κ1) is 12.6. The van der Waals surface area contributed by atoms with E-state index in [2.05, 4.69) is 27.1 Å². The number of likely N-dealkylation sites (tertiary alicyclic amines) is 1. The summed E-state index contributed by atoms with van der Waals surface area (Å²) in [6.45, 7) is 3.62. The van der Waals surface area contributed by atoms with Crippen LogP contribution < -0.4 is 0 Å². The largest absolute Gasteiger partial charge is 0.334 e. The van der Waals surface area contributed by atoms with Gasteiger partial charge in [-0.1, -0.05) is 6.92 Å². The van der Waals surface area contributed by atoms with Gasteiger partial charge in [-0.2, -0.15) is 0 Å². The van der Waals surface area contributed by atoms with Crippen molar-refractivity contribution in [2.45, 2.75) is 44.7 Å². The summed E-state index contributed by atoms with van der Waals surface area (Å²) in [7, 11) is 2.18. The molecule has 6 nitrogen and oxygen atoms in total. The lowest BCUT2D eigenvalue weighted by Gasteiger charge is -2.24. The molecule has 0 saturated carbocycles. The lowest BCUT2D eigenvalue weighted by atomic mass is 10.1. The minimum Gasteiger partial charge on any atom is -0.334 e. The van der Waals surface area contributed by atoms with Gasteiger partial charge in [0.25, 0.3) is 5.91 Å². The Bertz CT molecular complexity index is 471. The second kappa shape index (κ2) is 4.92. The van der Waals surface area contributed by atoms with Crippen LogP contribution in [0.15, 0.2) is 0 Å². The molecule has 2 fully saturated rings. The van der Waals surface area contributed by atoms with Crippen LogP contribution in [0.4, 0.5) is 0 Å². The number of H-pyrrole nitrogens is 1. The molecular weight excluding hydrogens is 242 g/mol. The monoisotopic (exact) mass is 263 g/mol. The molecule has 2 atom stereocenters. The van der Waals surface area contributed by atoms with E-state index in [4.69, 9.17) is 0 Å². The maximum absolute atomic E-state index is 12.4. The Balaban J connectivity index is 1.73. The van der Waals surface area contributed by atoms with Gasteiger partial charge >= 0.3 is 0 Å². The molecule has 2 aliphatic rings. The van der Waals surface area contributed by atoms with Crippen LogP contribution in [0.3, 0.4) is 0 Å². The van der Waals surface area contributed by atoms with E-state index in [1.807, 2.05) is 11.8 Å². The van der Waals surface area contributed by atoms with E-state index in [1.54, 1.807) is 0 Å². The molecule has 1 amide bonds. The number of carbonyl (C=O) groups excluding carboxylic acids is 1. The zero-order valence-corrected chi connectivity index (χ0v) is 11.6. The summed E-state index contributed by atoms with van der Waals surface area (Å²) in [4.78, 5) is 21.0. The van der Waals surface area contributed by atoms with Gasteiger partial charge in [-0.25, -0.2) is 4.98 Å². The van der Waals surface area contributed by atoms with E-state index in [1.165, 1.54) is 12.8 Å². The first-order valence-electron chi connectivity index (χ1n) is 7.11. The number of aromatic nitrogens is 3. The fourth-order valence-electron chi connectivity index (χ4n) is 3.18. The molecule has 2 bridgehead atoms. The van der Waals surface area contributed by atoms with E-state index in [0.29, 0.717) is 17.9 Å². The minimum absolute atomic E-state index is 0.0306. The summed E-state index contributed by atoms with van der Waals surface area (Å²) in [5.74, 6) is 1.06. The predicted molar refractivity (Wildman–Crippen MR) is 70.9 cm³/mol. The van der Waals surface area contributed by atoms with Gasteiger partial charge in [0.2, 0.25) is 5.82 Å². The summed E-state index contributed by atoms with van der Waals surface area (Å²) in [5.41, 5.74) is 0. The number of hydrogen-bond acceptors (Lipinski definition) is 4. The predicted octanol–water partition coefficient (Wildman–Crippen LogP) is 0.676. The molecule has 2 saturated heterocycles. The molecular formula is C13H21N5O. The van der Waals surface area contributed by atoms with Crippen LogP contribution in [0.2, 0.25) is 0 Å². The summed E-state index contributed by atoms with van der Waals surface area (Å²) in [6.07, 6.45) is 4.29. The highest BCUT2D eigenvalue weighted by molar-refractivity contribution is 5.90. The Morgan fingerprint density at radius 2 is 2.16 bits per heavy atom. The first-order chi connectivity index (χ1) is 9.19. The van der Waals surface area contributed by atoms with Crippen LogP contribution in [0, 0.1) is 0 Å². The molecule has 104 valence electrons. The van der Waals surface area contributed by atoms with Gasteiger partial charge in [0.1, 0.15) is 5.82 Å². The number of likely N-dealkylation sites (N-methyl/N-ethyl adjacent to an activating group) is 1. The Labute approximate surface area is 113 Å². The second-order valence-corrected chi connectivity index (χ2v) is 5.55. The first-order valence-corrected chi connectivity index (χ1v) is 7.11. The number of nitrogens with one attached hydrogen (secondary N) is 1. The molecule has 2 aliphatic heterocycles. The molecule has 3 heterocycles. The van der Waals surface area contributed by atoms with Crippen molar-refractivity contribution >= 4 is 5.91 Å². The van der Waals surface area contributed by atoms with Crippen LogP contribution in [-0.2, 0) is 6.42 Å². The van der Waals surface area contributed by atoms with E-state index in [9.17, 15) is 4.79 Å². The molecule has 2 unspecified atom stereocenters. The highest BCUT2D eigenvalue weighted by Crippen LogP contribution is 2.28. The van der Waals surface area contributed by atoms with Crippen LogP contribution in [0.1, 0.15) is 42.6 Å². The van der Waals surface area contributed by atoms with Crippen molar-refractivity contribution < 1.29 is 4.79 Å². The smallest absolute Gasteiger partial charge is 0.293 e. The Hall–Kier alpha value is -1.43. The number of nitrogens with zero attached hydrogens (tertiary/aromatic N) is 4. The fourth-order valence-corrected chi connectivity index (χ4v) is 3.18. The summed E-state index contributed by atoms with van der Waals surface area (Å²) in [6, 6.07) is 1.14. The average molecular weight is 263 g/mol. The van der Waals surface area contributed by atoms with Crippen molar-refractivity contribution in [1.82, 2.24) is 25.0 Å². The lowest BCUT2D eigenvalue weighted by Crippen LogP contribution is -2.40. The van der Waals surface area contributed by atoms with Gasteiger partial charge in [0.15, 0.2) is 0 Å². The van der Waals surface area contributed by atoms with Crippen molar-refractivity contribution in [1.29, 1.82) is 0 Å². The number of fused-ring (bicyclic) bond motifs is 2. The highest BCUT2D eigenvalue weighted by atomic mass is 16.2. The molecule has 1 N–H and O–H groups in total. The van der Waals surface area contributed by atoms with Crippen molar-refractivity contribution in [2.75, 3.05) is 20.1 Å². The number of aryl methyl sites for hydroxylation is 1. The van der Waals surface area contributed by atoms with Gasteiger partial charge in [0.05, 0.1) is 0 Å². The standard InChI is InChI=1S/C13H21N5O/c1-3-11-14-12(16-15-11)13(19)18-7-6-9-4-5-10(8-18)17(9)2/h9-10H,3-8H2,1-2H3,(H,14,15,16). The topological polar surface area (TPSA) is 65.1 Å². The van der Waals surface area contributed by atoms with Crippen LogP contribution in [0.5, 0.6) is 0 Å². The fraction of sp³-hybridized carbons (Fsp3) is 0.769. The summed E-state index contributed by atoms with van der Waals surface area (Å²) in [5, 5.41) is 6.85. The number of amides is 1. The number of hydrogen-bond donors (Lipinski definition) is 1. The van der Waals surface area contributed by atoms with E-state index in [-0.39, 0.29) is 5.91 Å². The zero-order chi connectivity index (χ0) is 13.4. The third-order valence-corrected chi connectivity index (χ3v) is 4.49. The van der Waals surface area contributed by atoms with Gasteiger partial charge in [-0.3, -0.25) is 14.8 Å². The van der Waals surface area contributed by atoms with Crippen LogP contribution in [0.25, 0.3) is 0 Å². The molecule has 1 aromatic heterocycles. The molecule has 0 aromatic carbocycles. The molecule has 1 aromatic rings. The molecule has 0 radical (unpaired) electrons. The molecule has 0 spiro atoms. The maximum Gasteiger partial charge on any atom is 0.293 e. The quantitative estimate of drug-likeness (QED) is 0.852. The maximum atomic E-state index is 12.4. The van der Waals surface area contributed by atoms with Crippen LogP contribution >= 0.6 is 0 Å². The van der Waals surface area contributed by atoms with Crippen molar-refractivity contribution in [3.63, 3.8) is 0 Å². The SMILES string of the molecule is CCc1nc(C(=O)N2CCC3CCC(C2)N3C)n[nH]1. The van der Waals surface area contributed by atoms with E-state index >= 15 is 0 Å². The number of aromatic amines is 1. The van der Waals surface area contributed by atoms with Gasteiger partial charge in [-0.15, -0.1) is 5.10 Å². The highest BCUT2D eigenvalue weighted by Gasteiger charge is 2.36. The van der Waals surface area contributed by atoms with Gasteiger partial charge in [0, 0.05) is 31.6 Å². The summed E-state index contributed by atoms with van der Waals surface area (Å²) >= 11 is 0. The van der Waals surface area contributed by atoms with Crippen molar-refractivity contribution in [3.05, 3.63) is 11.6 Å². The van der Waals surface area contributed by atoms with Gasteiger partial charge < -0.3 is 4.90 Å². The summed E-state index contributed by atoms with van der Waals surface area (Å²) < 4.78 is 0. The normalized spacial score (nSPS) is 27.6. The lowest BCUT2D eigenvalue weighted by molar-refractivity contribution is 0.0728. The Kier molecular flexibility index (Phi) is 3.26. The Morgan fingerprint density at radius 1 is 1.37 bits per heavy atom. The van der Waals surface area contributed by atoms with E-state index in [0.717, 1.165) is 31.8 Å². The Morgan fingerprint density at radius 3 is 2.89 bits per heavy atom. The third-order valence-electron chi connectivity index (χ3n) is 4.49. The molecule has 19 heavy (non-hydrogen) atoms. The van der Waals surface area contributed by atoms with Gasteiger partial charge in [-0.05, 0) is 26.3 Å². The van der Waals surface area contributed by atoms with Crippen molar-refractivity contribution in [2.24, 2.45) is 0 Å². The van der Waals surface area contributed by atoms with Crippen LogP contribution in [-0.4, -0.2) is 63.1 Å². The molecule has 3 rings (SSSR count). The number of rotatable bonds is 2. The molecule has 0 aliphatic carbocycles.